The van der Waals surface area contributed by atoms with Crippen LogP contribution in [0.2, 0.25) is 0 Å². The first-order valence-electron chi connectivity index (χ1n) is 7.75. The summed E-state index contributed by atoms with van der Waals surface area (Å²) < 4.78 is 5.92. The van der Waals surface area contributed by atoms with E-state index in [1.165, 1.54) is 0 Å². The van der Waals surface area contributed by atoms with Gasteiger partial charge < -0.3 is 15.1 Å². The summed E-state index contributed by atoms with van der Waals surface area (Å²) in [6, 6.07) is 9.99. The highest BCUT2D eigenvalue weighted by molar-refractivity contribution is 14.0. The first-order valence-corrected chi connectivity index (χ1v) is 7.75. The van der Waals surface area contributed by atoms with E-state index in [-0.39, 0.29) is 24.0 Å². The minimum absolute atomic E-state index is 0. The summed E-state index contributed by atoms with van der Waals surface area (Å²) in [5, 5.41) is 14.5. The van der Waals surface area contributed by atoms with Crippen molar-refractivity contribution >= 4 is 40.9 Å². The number of aromatic amines is 1. The molecule has 0 saturated heterocycles. The molecule has 0 amide bonds. The van der Waals surface area contributed by atoms with E-state index in [1.807, 2.05) is 31.2 Å². The number of H-pyrrole nitrogens is 1. The summed E-state index contributed by atoms with van der Waals surface area (Å²) in [5.41, 5.74) is 3.06. The molecule has 0 fully saturated rings. The lowest BCUT2D eigenvalue weighted by Gasteiger charge is -2.10. The highest BCUT2D eigenvalue weighted by Crippen LogP contribution is 2.24. The maximum Gasteiger partial charge on any atom is 0.192 e. The van der Waals surface area contributed by atoms with Crippen molar-refractivity contribution in [2.45, 2.75) is 26.9 Å². The van der Waals surface area contributed by atoms with E-state index in [4.69, 9.17) is 4.42 Å². The van der Waals surface area contributed by atoms with E-state index < -0.39 is 0 Å². The summed E-state index contributed by atoms with van der Waals surface area (Å²) in [5.74, 6) is 1.68. The zero-order chi connectivity index (χ0) is 16.1. The van der Waals surface area contributed by atoms with E-state index in [0.29, 0.717) is 13.1 Å². The number of guanidine groups is 1. The second-order valence-corrected chi connectivity index (χ2v) is 5.28. The molecule has 24 heavy (non-hydrogen) atoms. The number of aromatic nitrogens is 2. The fourth-order valence-corrected chi connectivity index (χ4v) is 2.44. The Hall–Kier alpha value is -2.03. The minimum atomic E-state index is 0. The van der Waals surface area contributed by atoms with Crippen LogP contribution in [0, 0.1) is 6.92 Å². The van der Waals surface area contributed by atoms with E-state index in [1.54, 1.807) is 6.20 Å². The summed E-state index contributed by atoms with van der Waals surface area (Å²) >= 11 is 0. The summed E-state index contributed by atoms with van der Waals surface area (Å²) in [6.07, 6.45) is 1.73. The number of fused-ring (bicyclic) bond motifs is 1. The van der Waals surface area contributed by atoms with E-state index >= 15 is 0 Å². The van der Waals surface area contributed by atoms with Crippen LogP contribution in [0.3, 0.4) is 0 Å². The van der Waals surface area contributed by atoms with Crippen LogP contribution in [-0.2, 0) is 13.1 Å². The molecule has 6 nitrogen and oxygen atoms in total. The van der Waals surface area contributed by atoms with Gasteiger partial charge in [0.05, 0.1) is 18.8 Å². The lowest BCUT2D eigenvalue weighted by Crippen LogP contribution is -2.36. The molecule has 1 aromatic carbocycles. The summed E-state index contributed by atoms with van der Waals surface area (Å²) in [4.78, 5) is 4.54. The Kier molecular flexibility index (Phi) is 6.65. The molecule has 0 bridgehead atoms. The molecule has 7 heteroatoms. The third kappa shape index (κ3) is 4.28. The van der Waals surface area contributed by atoms with Crippen LogP contribution in [0.25, 0.3) is 11.0 Å². The van der Waals surface area contributed by atoms with Crippen molar-refractivity contribution in [1.82, 2.24) is 20.8 Å². The van der Waals surface area contributed by atoms with Crippen molar-refractivity contribution < 1.29 is 4.42 Å². The number of aryl methyl sites for hydroxylation is 1. The number of halogens is 1. The minimum Gasteiger partial charge on any atom is -0.459 e. The molecule has 0 radical (unpaired) electrons. The molecule has 2 heterocycles. The predicted octanol–water partition coefficient (Wildman–Crippen LogP) is 3.34. The number of nitrogens with zero attached hydrogens (tertiary/aromatic N) is 2. The number of para-hydroxylation sites is 1. The van der Waals surface area contributed by atoms with Gasteiger partial charge in [-0.2, -0.15) is 5.10 Å². The van der Waals surface area contributed by atoms with Crippen molar-refractivity contribution in [3.05, 3.63) is 53.5 Å². The predicted molar refractivity (Wildman–Crippen MR) is 107 cm³/mol. The van der Waals surface area contributed by atoms with Crippen LogP contribution in [0.1, 0.15) is 23.9 Å². The average molecular weight is 439 g/mol. The summed E-state index contributed by atoms with van der Waals surface area (Å²) in [7, 11) is 0. The number of hydrogen-bond acceptors (Lipinski definition) is 3. The molecule has 128 valence electrons. The lowest BCUT2D eigenvalue weighted by atomic mass is 10.1. The molecule has 0 saturated carbocycles. The lowest BCUT2D eigenvalue weighted by molar-refractivity contribution is 0.534. The van der Waals surface area contributed by atoms with Gasteiger partial charge in [-0.1, -0.05) is 18.2 Å². The number of furan rings is 1. The second kappa shape index (κ2) is 8.72. The average Bonchev–Trinajstić information content (AvgIpc) is 3.19. The van der Waals surface area contributed by atoms with Crippen molar-refractivity contribution in [2.75, 3.05) is 6.54 Å². The Balaban J connectivity index is 0.00000208. The van der Waals surface area contributed by atoms with Crippen molar-refractivity contribution in [2.24, 2.45) is 4.99 Å². The molecule has 0 aliphatic rings. The first kappa shape index (κ1) is 18.3. The van der Waals surface area contributed by atoms with Crippen molar-refractivity contribution in [3.63, 3.8) is 0 Å². The fourth-order valence-electron chi connectivity index (χ4n) is 2.44. The zero-order valence-electron chi connectivity index (χ0n) is 13.8. The van der Waals surface area contributed by atoms with Gasteiger partial charge in [0.25, 0.3) is 0 Å². The van der Waals surface area contributed by atoms with Crippen LogP contribution in [-0.4, -0.2) is 22.7 Å². The molecular weight excluding hydrogens is 417 g/mol. The molecule has 0 spiro atoms. The van der Waals surface area contributed by atoms with E-state index in [9.17, 15) is 0 Å². The largest absolute Gasteiger partial charge is 0.459 e. The highest BCUT2D eigenvalue weighted by Gasteiger charge is 2.10. The van der Waals surface area contributed by atoms with Gasteiger partial charge >= 0.3 is 0 Å². The quantitative estimate of drug-likeness (QED) is 0.324. The van der Waals surface area contributed by atoms with Crippen molar-refractivity contribution in [1.29, 1.82) is 0 Å². The number of rotatable bonds is 5. The number of benzene rings is 1. The van der Waals surface area contributed by atoms with Crippen LogP contribution in [0.4, 0.5) is 0 Å². The number of nitrogens with one attached hydrogen (secondary N) is 3. The van der Waals surface area contributed by atoms with Gasteiger partial charge in [0.2, 0.25) is 0 Å². The van der Waals surface area contributed by atoms with Gasteiger partial charge in [0.1, 0.15) is 11.3 Å². The molecule has 2 aromatic heterocycles. The smallest absolute Gasteiger partial charge is 0.192 e. The number of hydrogen-bond donors (Lipinski definition) is 3. The Bertz CT molecular complexity index is 795. The molecule has 0 aliphatic heterocycles. The van der Waals surface area contributed by atoms with E-state index in [0.717, 1.165) is 40.5 Å². The van der Waals surface area contributed by atoms with E-state index in [2.05, 4.69) is 38.8 Å². The summed E-state index contributed by atoms with van der Waals surface area (Å²) in [6.45, 7) is 6.06. The molecular formula is C17H22IN5O. The Morgan fingerprint density at radius 1 is 1.25 bits per heavy atom. The van der Waals surface area contributed by atoms with Gasteiger partial charge in [-0.25, -0.2) is 4.99 Å². The third-order valence-electron chi connectivity index (χ3n) is 3.67. The van der Waals surface area contributed by atoms with Crippen LogP contribution in [0.5, 0.6) is 0 Å². The van der Waals surface area contributed by atoms with Crippen LogP contribution < -0.4 is 10.6 Å². The van der Waals surface area contributed by atoms with Crippen LogP contribution in [0.15, 0.2) is 45.9 Å². The third-order valence-corrected chi connectivity index (χ3v) is 3.67. The maximum atomic E-state index is 5.92. The van der Waals surface area contributed by atoms with Crippen LogP contribution >= 0.6 is 24.0 Å². The van der Waals surface area contributed by atoms with Gasteiger partial charge in [-0.3, -0.25) is 5.10 Å². The first-order chi connectivity index (χ1) is 11.3. The molecule has 0 unspecified atom stereocenters. The Morgan fingerprint density at radius 2 is 2.08 bits per heavy atom. The molecule has 3 aromatic rings. The zero-order valence-corrected chi connectivity index (χ0v) is 16.1. The molecule has 3 N–H and O–H groups in total. The monoisotopic (exact) mass is 439 g/mol. The second-order valence-electron chi connectivity index (χ2n) is 5.28. The molecule has 0 aliphatic carbocycles. The van der Waals surface area contributed by atoms with Crippen molar-refractivity contribution in [3.8, 4) is 0 Å². The van der Waals surface area contributed by atoms with Gasteiger partial charge in [0, 0.05) is 23.7 Å². The topological polar surface area (TPSA) is 78.2 Å². The van der Waals surface area contributed by atoms with Gasteiger partial charge in [-0.15, -0.1) is 24.0 Å². The van der Waals surface area contributed by atoms with Gasteiger partial charge in [0.15, 0.2) is 5.96 Å². The normalized spacial score (nSPS) is 11.3. The molecule has 3 rings (SSSR count). The SMILES string of the molecule is CCNC(=NCc1ccn[nH]1)NCc1oc2ccccc2c1C.I. The highest BCUT2D eigenvalue weighted by atomic mass is 127. The standard InChI is InChI=1S/C17H21N5O.HI/c1-3-18-17(19-10-13-8-9-21-22-13)20-11-16-12(2)14-6-4-5-7-15(14)23-16;/h4-9H,3,10-11H2,1-2H3,(H,21,22)(H2,18,19,20);1H. The Morgan fingerprint density at radius 3 is 2.79 bits per heavy atom. The van der Waals surface area contributed by atoms with Gasteiger partial charge in [-0.05, 0) is 26.0 Å². The number of aliphatic imine (C=N–C) groups is 1. The molecule has 0 atom stereocenters. The Labute approximate surface area is 158 Å². The fraction of sp³-hybridized carbons (Fsp3) is 0.294. The maximum absolute atomic E-state index is 5.92.